The van der Waals surface area contributed by atoms with Gasteiger partial charge in [0.25, 0.3) is 0 Å². The molecule has 1 aromatic rings. The molecule has 1 fully saturated rings. The second-order valence-corrected chi connectivity index (χ2v) is 5.74. The molecule has 1 saturated carbocycles. The van der Waals surface area contributed by atoms with E-state index < -0.39 is 12.1 Å². The summed E-state index contributed by atoms with van der Waals surface area (Å²) in [5.41, 5.74) is 1.03. The molecule has 0 aliphatic heterocycles. The van der Waals surface area contributed by atoms with Gasteiger partial charge in [-0.1, -0.05) is 42.5 Å². The Hall–Kier alpha value is -2.56. The van der Waals surface area contributed by atoms with Crippen molar-refractivity contribution in [2.75, 3.05) is 7.11 Å². The van der Waals surface area contributed by atoms with E-state index in [1.807, 2.05) is 30.3 Å². The SMILES string of the molecule is COC(=O)C(=CC1[C@H]2C=CC[C@H]12)NC(=O)OCc1ccccc1. The standard InChI is InChI=1S/C18H19NO4/c1-22-17(20)16(10-15-13-8-5-9-14(13)15)19-18(21)23-11-12-6-3-2-4-7-12/h2-8,10,13-15H,9,11H2,1H3,(H,19,21)/t13-,14-,15?/m0/s1. The lowest BCUT2D eigenvalue weighted by molar-refractivity contribution is -0.136. The molecule has 0 saturated heterocycles. The Balaban J connectivity index is 1.57. The minimum Gasteiger partial charge on any atom is -0.464 e. The number of methoxy groups -OCH3 is 1. The topological polar surface area (TPSA) is 64.6 Å². The average molecular weight is 313 g/mol. The largest absolute Gasteiger partial charge is 0.464 e. The maximum Gasteiger partial charge on any atom is 0.412 e. The number of hydrogen-bond donors (Lipinski definition) is 1. The number of rotatable bonds is 5. The number of carbonyl (C=O) groups excluding carboxylic acids is 2. The van der Waals surface area contributed by atoms with Gasteiger partial charge < -0.3 is 9.47 Å². The van der Waals surface area contributed by atoms with Crippen LogP contribution < -0.4 is 5.32 Å². The van der Waals surface area contributed by atoms with E-state index in [4.69, 9.17) is 9.47 Å². The maximum atomic E-state index is 11.9. The lowest BCUT2D eigenvalue weighted by Crippen LogP contribution is -2.29. The van der Waals surface area contributed by atoms with Crippen molar-refractivity contribution in [3.63, 3.8) is 0 Å². The van der Waals surface area contributed by atoms with E-state index in [0.717, 1.165) is 12.0 Å². The van der Waals surface area contributed by atoms with E-state index in [1.165, 1.54) is 7.11 Å². The number of benzene rings is 1. The van der Waals surface area contributed by atoms with Crippen LogP contribution in [-0.2, 0) is 20.9 Å². The lowest BCUT2D eigenvalue weighted by Gasteiger charge is -2.09. The van der Waals surface area contributed by atoms with Gasteiger partial charge in [0.1, 0.15) is 12.3 Å². The van der Waals surface area contributed by atoms with Crippen LogP contribution in [0, 0.1) is 17.8 Å². The predicted molar refractivity (Wildman–Crippen MR) is 84.1 cm³/mol. The van der Waals surface area contributed by atoms with Gasteiger partial charge in [0.2, 0.25) is 0 Å². The molecule has 0 radical (unpaired) electrons. The first kappa shape index (κ1) is 15.3. The molecule has 0 heterocycles. The van der Waals surface area contributed by atoms with E-state index in [0.29, 0.717) is 17.8 Å². The Morgan fingerprint density at radius 2 is 2.09 bits per heavy atom. The summed E-state index contributed by atoms with van der Waals surface area (Å²) < 4.78 is 9.87. The molecular weight excluding hydrogens is 294 g/mol. The lowest BCUT2D eigenvalue weighted by atomic mass is 10.2. The molecule has 2 aliphatic carbocycles. The van der Waals surface area contributed by atoms with Gasteiger partial charge in [-0.2, -0.15) is 0 Å². The van der Waals surface area contributed by atoms with Crippen LogP contribution in [0.3, 0.4) is 0 Å². The first-order valence-electron chi connectivity index (χ1n) is 7.63. The van der Waals surface area contributed by atoms with Crippen molar-refractivity contribution >= 4 is 12.1 Å². The molecule has 0 aromatic heterocycles. The van der Waals surface area contributed by atoms with Gasteiger partial charge in [-0.05, 0) is 35.8 Å². The summed E-state index contributed by atoms with van der Waals surface area (Å²) in [6, 6.07) is 9.36. The van der Waals surface area contributed by atoms with Gasteiger partial charge in [0.15, 0.2) is 0 Å². The number of ether oxygens (including phenoxy) is 2. The van der Waals surface area contributed by atoms with Gasteiger partial charge in [-0.3, -0.25) is 5.32 Å². The average Bonchev–Trinajstić information content (AvgIpc) is 3.00. The Labute approximate surface area is 135 Å². The summed E-state index contributed by atoms with van der Waals surface area (Å²) in [7, 11) is 1.29. The summed E-state index contributed by atoms with van der Waals surface area (Å²) in [6.07, 6.45) is 6.47. The van der Waals surface area contributed by atoms with Crippen LogP contribution in [-0.4, -0.2) is 19.2 Å². The third-order valence-corrected chi connectivity index (χ3v) is 4.27. The monoisotopic (exact) mass is 313 g/mol. The van der Waals surface area contributed by atoms with Crippen molar-refractivity contribution in [3.05, 3.63) is 59.8 Å². The second-order valence-electron chi connectivity index (χ2n) is 5.74. The summed E-state index contributed by atoms with van der Waals surface area (Å²) in [6.45, 7) is 0.151. The maximum absolute atomic E-state index is 11.9. The number of carbonyl (C=O) groups is 2. The van der Waals surface area contributed by atoms with E-state index >= 15 is 0 Å². The zero-order chi connectivity index (χ0) is 16.2. The van der Waals surface area contributed by atoms with Crippen molar-refractivity contribution in [2.24, 2.45) is 17.8 Å². The molecule has 23 heavy (non-hydrogen) atoms. The molecule has 0 bridgehead atoms. The summed E-state index contributed by atoms with van der Waals surface area (Å²) in [5.74, 6) is 0.771. The van der Waals surface area contributed by atoms with E-state index in [2.05, 4.69) is 17.5 Å². The molecule has 5 nitrogen and oxygen atoms in total. The smallest absolute Gasteiger partial charge is 0.412 e. The highest BCUT2D eigenvalue weighted by molar-refractivity contribution is 5.92. The molecule has 5 heteroatoms. The third kappa shape index (κ3) is 3.62. The number of alkyl carbamates (subject to hydrolysis) is 1. The van der Waals surface area contributed by atoms with Crippen molar-refractivity contribution in [2.45, 2.75) is 13.0 Å². The fourth-order valence-electron chi connectivity index (χ4n) is 2.97. The van der Waals surface area contributed by atoms with Crippen LogP contribution in [0.4, 0.5) is 4.79 Å². The van der Waals surface area contributed by atoms with Gasteiger partial charge in [-0.15, -0.1) is 0 Å². The molecule has 1 N–H and O–H groups in total. The van der Waals surface area contributed by atoms with Crippen molar-refractivity contribution in [3.8, 4) is 0 Å². The van der Waals surface area contributed by atoms with Crippen LogP contribution in [0.1, 0.15) is 12.0 Å². The molecule has 1 amide bonds. The number of nitrogens with one attached hydrogen (secondary N) is 1. The first-order chi connectivity index (χ1) is 11.2. The van der Waals surface area contributed by atoms with Crippen LogP contribution in [0.2, 0.25) is 0 Å². The summed E-state index contributed by atoms with van der Waals surface area (Å²) in [4.78, 5) is 23.7. The number of esters is 1. The Bertz CT molecular complexity index is 650. The fraction of sp³-hybridized carbons (Fsp3) is 0.333. The zero-order valence-corrected chi connectivity index (χ0v) is 12.9. The Kier molecular flexibility index (Phi) is 4.46. The molecule has 1 aromatic carbocycles. The molecule has 3 atom stereocenters. The van der Waals surface area contributed by atoms with Crippen molar-refractivity contribution < 1.29 is 19.1 Å². The summed E-state index contributed by atoms with van der Waals surface area (Å²) >= 11 is 0. The zero-order valence-electron chi connectivity index (χ0n) is 12.9. The van der Waals surface area contributed by atoms with Gasteiger partial charge in [0.05, 0.1) is 7.11 Å². The second kappa shape index (κ2) is 6.69. The predicted octanol–water partition coefficient (Wildman–Crippen LogP) is 2.79. The van der Waals surface area contributed by atoms with Gasteiger partial charge in [-0.25, -0.2) is 9.59 Å². The molecule has 3 rings (SSSR count). The van der Waals surface area contributed by atoms with Crippen molar-refractivity contribution in [1.82, 2.24) is 5.32 Å². The minimum absolute atomic E-state index is 0.151. The van der Waals surface area contributed by atoms with Crippen LogP contribution in [0.5, 0.6) is 0 Å². The van der Waals surface area contributed by atoms with Crippen LogP contribution in [0.15, 0.2) is 54.3 Å². The van der Waals surface area contributed by atoms with E-state index in [1.54, 1.807) is 6.08 Å². The highest BCUT2D eigenvalue weighted by Crippen LogP contribution is 2.54. The fourth-order valence-corrected chi connectivity index (χ4v) is 2.97. The van der Waals surface area contributed by atoms with Gasteiger partial charge in [0, 0.05) is 0 Å². The quantitative estimate of drug-likeness (QED) is 0.516. The Morgan fingerprint density at radius 3 is 2.74 bits per heavy atom. The number of hydrogen-bond acceptors (Lipinski definition) is 4. The number of fused-ring (bicyclic) bond motifs is 1. The van der Waals surface area contributed by atoms with Gasteiger partial charge >= 0.3 is 12.1 Å². The molecule has 120 valence electrons. The highest BCUT2D eigenvalue weighted by atomic mass is 16.6. The first-order valence-corrected chi connectivity index (χ1v) is 7.63. The normalized spacial score (nSPS) is 24.7. The van der Waals surface area contributed by atoms with E-state index in [-0.39, 0.29) is 12.3 Å². The molecule has 2 aliphatic rings. The molecule has 0 spiro atoms. The van der Waals surface area contributed by atoms with Crippen LogP contribution >= 0.6 is 0 Å². The third-order valence-electron chi connectivity index (χ3n) is 4.27. The van der Waals surface area contributed by atoms with Crippen LogP contribution in [0.25, 0.3) is 0 Å². The molecular formula is C18H19NO4. The molecule has 1 unspecified atom stereocenters. The van der Waals surface area contributed by atoms with E-state index in [9.17, 15) is 9.59 Å². The number of amides is 1. The number of allylic oxidation sites excluding steroid dienone is 3. The highest BCUT2D eigenvalue weighted by Gasteiger charge is 2.49. The Morgan fingerprint density at radius 1 is 1.30 bits per heavy atom. The minimum atomic E-state index is -0.660. The van der Waals surface area contributed by atoms with Crippen molar-refractivity contribution in [1.29, 1.82) is 0 Å². The summed E-state index contributed by atoms with van der Waals surface area (Å²) in [5, 5.41) is 2.50.